The van der Waals surface area contributed by atoms with E-state index >= 15 is 0 Å². The summed E-state index contributed by atoms with van der Waals surface area (Å²) in [6, 6.07) is 9.02. The lowest BCUT2D eigenvalue weighted by molar-refractivity contribution is -0.124. The molecule has 0 bridgehead atoms. The standard InChI is InChI=1S/C21H22N2O4/c1-13-4-6-18-16(9-13)17-10-14(5-7-19(17)23-18)21(25)27-12-20(24)22-11-15-3-2-8-26-15/h2-3,5,7-8,10,13,23H,4,6,9,11-12H2,1H3,(H,22,24). The summed E-state index contributed by atoms with van der Waals surface area (Å²) in [5.74, 6) is 0.425. The van der Waals surface area contributed by atoms with Crippen molar-refractivity contribution in [2.45, 2.75) is 32.7 Å². The average molecular weight is 366 g/mol. The quantitative estimate of drug-likeness (QED) is 0.678. The van der Waals surface area contributed by atoms with E-state index in [1.165, 1.54) is 23.9 Å². The Bertz CT molecular complexity index is 972. The fourth-order valence-electron chi connectivity index (χ4n) is 3.58. The molecule has 0 radical (unpaired) electrons. The summed E-state index contributed by atoms with van der Waals surface area (Å²) in [6.07, 6.45) is 4.78. The van der Waals surface area contributed by atoms with Crippen LogP contribution >= 0.6 is 0 Å². The van der Waals surface area contributed by atoms with Crippen LogP contribution in [0.1, 0.15) is 40.7 Å². The maximum atomic E-state index is 12.3. The monoisotopic (exact) mass is 366 g/mol. The molecule has 6 heteroatoms. The Morgan fingerprint density at radius 3 is 3.04 bits per heavy atom. The molecular weight excluding hydrogens is 344 g/mol. The van der Waals surface area contributed by atoms with Gasteiger partial charge in [0.15, 0.2) is 6.61 Å². The number of esters is 1. The summed E-state index contributed by atoms with van der Waals surface area (Å²) in [4.78, 5) is 27.6. The van der Waals surface area contributed by atoms with Crippen LogP contribution in [0.25, 0.3) is 10.9 Å². The minimum absolute atomic E-state index is 0.267. The molecule has 0 spiro atoms. The highest BCUT2D eigenvalue weighted by molar-refractivity contribution is 5.97. The van der Waals surface area contributed by atoms with Gasteiger partial charge in [-0.1, -0.05) is 6.92 Å². The molecule has 0 saturated carbocycles. The van der Waals surface area contributed by atoms with Gasteiger partial charge in [-0.2, -0.15) is 0 Å². The third-order valence-electron chi connectivity index (χ3n) is 5.04. The third-order valence-corrected chi connectivity index (χ3v) is 5.04. The fourth-order valence-corrected chi connectivity index (χ4v) is 3.58. The van der Waals surface area contributed by atoms with Gasteiger partial charge in [0.25, 0.3) is 5.91 Å². The van der Waals surface area contributed by atoms with E-state index in [2.05, 4.69) is 17.2 Å². The molecule has 2 heterocycles. The van der Waals surface area contributed by atoms with E-state index in [1.54, 1.807) is 18.2 Å². The molecule has 1 atom stereocenters. The van der Waals surface area contributed by atoms with E-state index in [1.807, 2.05) is 12.1 Å². The number of aromatic nitrogens is 1. The maximum Gasteiger partial charge on any atom is 0.338 e. The third kappa shape index (κ3) is 3.74. The largest absolute Gasteiger partial charge is 0.467 e. The molecule has 1 aliphatic carbocycles. The van der Waals surface area contributed by atoms with Crippen molar-refractivity contribution in [1.82, 2.24) is 10.3 Å². The Kier molecular flexibility index (Phi) is 4.71. The second-order valence-corrected chi connectivity index (χ2v) is 7.12. The van der Waals surface area contributed by atoms with Crippen molar-refractivity contribution < 1.29 is 18.7 Å². The summed E-state index contributed by atoms with van der Waals surface area (Å²) in [5, 5.41) is 3.73. The van der Waals surface area contributed by atoms with E-state index < -0.39 is 5.97 Å². The number of aromatic amines is 1. The number of ether oxygens (including phenoxy) is 1. The van der Waals surface area contributed by atoms with Crippen molar-refractivity contribution in [2.24, 2.45) is 5.92 Å². The molecule has 0 fully saturated rings. The van der Waals surface area contributed by atoms with Gasteiger partial charge in [-0.25, -0.2) is 4.79 Å². The molecular formula is C21H22N2O4. The minimum Gasteiger partial charge on any atom is -0.467 e. The van der Waals surface area contributed by atoms with E-state index in [4.69, 9.17) is 9.15 Å². The predicted molar refractivity (Wildman–Crippen MR) is 100 cm³/mol. The van der Waals surface area contributed by atoms with Crippen molar-refractivity contribution in [1.29, 1.82) is 0 Å². The topological polar surface area (TPSA) is 84.3 Å². The first-order valence-corrected chi connectivity index (χ1v) is 9.20. The molecule has 0 aliphatic heterocycles. The zero-order valence-electron chi connectivity index (χ0n) is 15.2. The van der Waals surface area contributed by atoms with Crippen LogP contribution in [0.4, 0.5) is 0 Å². The number of nitrogens with one attached hydrogen (secondary N) is 2. The van der Waals surface area contributed by atoms with Crippen molar-refractivity contribution in [3.63, 3.8) is 0 Å². The molecule has 0 saturated heterocycles. The normalized spacial score (nSPS) is 16.1. The average Bonchev–Trinajstić information content (AvgIpc) is 3.31. The van der Waals surface area contributed by atoms with E-state index in [-0.39, 0.29) is 19.1 Å². The van der Waals surface area contributed by atoms with Crippen molar-refractivity contribution in [2.75, 3.05) is 6.61 Å². The maximum absolute atomic E-state index is 12.3. The Hall–Kier alpha value is -3.02. The molecule has 27 heavy (non-hydrogen) atoms. The first-order valence-electron chi connectivity index (χ1n) is 9.20. The van der Waals surface area contributed by atoms with Gasteiger partial charge in [0.1, 0.15) is 5.76 Å². The number of aryl methyl sites for hydroxylation is 1. The van der Waals surface area contributed by atoms with Gasteiger partial charge < -0.3 is 19.5 Å². The van der Waals surface area contributed by atoms with Gasteiger partial charge in [0, 0.05) is 16.6 Å². The second-order valence-electron chi connectivity index (χ2n) is 7.12. The van der Waals surface area contributed by atoms with Gasteiger partial charge in [-0.05, 0) is 61.1 Å². The first kappa shape index (κ1) is 17.4. The number of fused-ring (bicyclic) bond motifs is 3. The highest BCUT2D eigenvalue weighted by Gasteiger charge is 2.21. The van der Waals surface area contributed by atoms with Gasteiger partial charge in [0.2, 0.25) is 0 Å². The highest BCUT2D eigenvalue weighted by atomic mass is 16.5. The summed E-state index contributed by atoms with van der Waals surface area (Å²) < 4.78 is 10.3. The second kappa shape index (κ2) is 7.31. The lowest BCUT2D eigenvalue weighted by atomic mass is 9.87. The van der Waals surface area contributed by atoms with Gasteiger partial charge in [0.05, 0.1) is 18.4 Å². The summed E-state index contributed by atoms with van der Waals surface area (Å²) in [6.45, 7) is 2.20. The molecule has 1 aromatic carbocycles. The number of hydrogen-bond donors (Lipinski definition) is 2. The number of carbonyl (C=O) groups is 2. The van der Waals surface area contributed by atoms with Crippen LogP contribution in [0.3, 0.4) is 0 Å². The number of hydrogen-bond acceptors (Lipinski definition) is 4. The minimum atomic E-state index is -0.496. The number of carbonyl (C=O) groups excluding carboxylic acids is 2. The number of rotatable bonds is 5. The number of furan rings is 1. The zero-order valence-corrected chi connectivity index (χ0v) is 15.2. The first-order chi connectivity index (χ1) is 13.1. The SMILES string of the molecule is CC1CCc2[nH]c3ccc(C(=O)OCC(=O)NCc4ccco4)cc3c2C1. The van der Waals surface area contributed by atoms with Crippen LogP contribution in [0, 0.1) is 5.92 Å². The van der Waals surface area contributed by atoms with Crippen LogP contribution in [-0.4, -0.2) is 23.5 Å². The van der Waals surface area contributed by atoms with Crippen LogP contribution < -0.4 is 5.32 Å². The van der Waals surface area contributed by atoms with Crippen LogP contribution in [0.15, 0.2) is 41.0 Å². The van der Waals surface area contributed by atoms with Gasteiger partial charge in [-0.3, -0.25) is 4.79 Å². The molecule has 2 aromatic heterocycles. The Morgan fingerprint density at radius 2 is 2.22 bits per heavy atom. The Balaban J connectivity index is 1.40. The molecule has 1 aliphatic rings. The number of amides is 1. The highest BCUT2D eigenvalue weighted by Crippen LogP contribution is 2.32. The van der Waals surface area contributed by atoms with Crippen LogP contribution in [-0.2, 0) is 28.9 Å². The molecule has 3 aromatic rings. The molecule has 1 amide bonds. The molecule has 140 valence electrons. The lowest BCUT2D eigenvalue weighted by Crippen LogP contribution is -2.28. The number of benzene rings is 1. The Labute approximate surface area is 156 Å². The molecule has 1 unspecified atom stereocenters. The van der Waals surface area contributed by atoms with Crippen molar-refractivity contribution >= 4 is 22.8 Å². The predicted octanol–water partition coefficient (Wildman–Crippen LogP) is 3.36. The van der Waals surface area contributed by atoms with Crippen LogP contribution in [0.2, 0.25) is 0 Å². The lowest BCUT2D eigenvalue weighted by Gasteiger charge is -2.18. The van der Waals surface area contributed by atoms with E-state index in [0.29, 0.717) is 17.2 Å². The molecule has 4 rings (SSSR count). The van der Waals surface area contributed by atoms with E-state index in [0.717, 1.165) is 23.7 Å². The molecule has 6 nitrogen and oxygen atoms in total. The van der Waals surface area contributed by atoms with Crippen molar-refractivity contribution in [3.8, 4) is 0 Å². The summed E-state index contributed by atoms with van der Waals surface area (Å²) in [5.41, 5.74) is 4.07. The van der Waals surface area contributed by atoms with Crippen LogP contribution in [0.5, 0.6) is 0 Å². The number of H-pyrrole nitrogens is 1. The Morgan fingerprint density at radius 1 is 1.33 bits per heavy atom. The molecule has 2 N–H and O–H groups in total. The van der Waals surface area contributed by atoms with E-state index in [9.17, 15) is 9.59 Å². The smallest absolute Gasteiger partial charge is 0.338 e. The van der Waals surface area contributed by atoms with Gasteiger partial charge >= 0.3 is 5.97 Å². The summed E-state index contributed by atoms with van der Waals surface area (Å²) in [7, 11) is 0. The summed E-state index contributed by atoms with van der Waals surface area (Å²) >= 11 is 0. The zero-order chi connectivity index (χ0) is 18.8. The fraction of sp³-hybridized carbons (Fsp3) is 0.333. The van der Waals surface area contributed by atoms with Gasteiger partial charge in [-0.15, -0.1) is 0 Å². The van der Waals surface area contributed by atoms with Crippen molar-refractivity contribution in [3.05, 3.63) is 59.2 Å².